The van der Waals surface area contributed by atoms with E-state index < -0.39 is 0 Å². The predicted octanol–water partition coefficient (Wildman–Crippen LogP) is 9.02. The second kappa shape index (κ2) is 14.4. The van der Waals surface area contributed by atoms with Crippen LogP contribution < -0.4 is 0 Å². The Morgan fingerprint density at radius 1 is 0.543 bits per heavy atom. The van der Waals surface area contributed by atoms with Crippen LogP contribution in [0.25, 0.3) is 45.0 Å². The molecule has 0 saturated carbocycles. The molecule has 0 saturated heterocycles. The maximum atomic E-state index is 5.34. The van der Waals surface area contributed by atoms with E-state index in [2.05, 4.69) is 85.4 Å². The summed E-state index contributed by atoms with van der Waals surface area (Å²) in [6.07, 6.45) is 0. The van der Waals surface area contributed by atoms with Crippen LogP contribution in [0, 0.1) is 7.14 Å². The Labute approximate surface area is 298 Å². The first-order valence-electron chi connectivity index (χ1n) is 13.9. The third kappa shape index (κ3) is 7.62. The zero-order valence-corrected chi connectivity index (χ0v) is 29.7. The number of benzene rings is 4. The number of nitrogens with zero attached hydrogens (tertiary/aromatic N) is 6. The van der Waals surface area contributed by atoms with E-state index >= 15 is 0 Å². The van der Waals surface area contributed by atoms with Crippen LogP contribution in [0.15, 0.2) is 116 Å². The number of H-pyrrole nitrogens is 2. The largest absolute Gasteiger partial charge is 0.334 e. The van der Waals surface area contributed by atoms with Gasteiger partial charge in [-0.1, -0.05) is 70.2 Å². The van der Waals surface area contributed by atoms with Crippen molar-refractivity contribution in [3.8, 4) is 22.9 Å². The fourth-order valence-electron chi connectivity index (χ4n) is 4.36. The van der Waals surface area contributed by atoms with Crippen molar-refractivity contribution in [3.05, 3.63) is 116 Å². The summed E-state index contributed by atoms with van der Waals surface area (Å²) in [4.78, 5) is 24.5. The van der Waals surface area contributed by atoms with Crippen LogP contribution in [-0.2, 0) is 11.5 Å². The Morgan fingerprint density at radius 3 is 1.43 bits per heavy atom. The fraction of sp³-hybridized carbons (Fsp3) is 0.0625. The number of hydrogen-bond acceptors (Lipinski definition) is 10. The van der Waals surface area contributed by atoms with Crippen molar-refractivity contribution in [1.82, 2.24) is 40.2 Å². The maximum absolute atomic E-state index is 5.34. The summed E-state index contributed by atoms with van der Waals surface area (Å²) in [5.41, 5.74) is 5.85. The molecule has 14 heteroatoms. The minimum Gasteiger partial charge on any atom is -0.334 e. The highest BCUT2D eigenvalue weighted by atomic mass is 127. The fourth-order valence-corrected chi connectivity index (χ4v) is 6.91. The van der Waals surface area contributed by atoms with Crippen molar-refractivity contribution in [2.45, 2.75) is 21.8 Å². The lowest BCUT2D eigenvalue weighted by Crippen LogP contribution is -1.85. The molecule has 4 aromatic carbocycles. The predicted molar refractivity (Wildman–Crippen MR) is 196 cm³/mol. The van der Waals surface area contributed by atoms with Gasteiger partial charge in [0, 0.05) is 18.3 Å². The zero-order chi connectivity index (χ0) is 31.3. The number of thioether (sulfide) groups is 2. The number of hydrogen-bond donors (Lipinski definition) is 2. The first-order valence-corrected chi connectivity index (χ1v) is 18.0. The number of halogens is 2. The van der Waals surface area contributed by atoms with E-state index in [0.717, 1.165) is 50.6 Å². The smallest absolute Gasteiger partial charge is 0.257 e. The third-order valence-corrected chi connectivity index (χ3v) is 9.57. The molecule has 0 aliphatic carbocycles. The van der Waals surface area contributed by atoms with Gasteiger partial charge in [0.25, 0.3) is 11.8 Å². The van der Waals surface area contributed by atoms with E-state index in [1.807, 2.05) is 97.1 Å². The van der Waals surface area contributed by atoms with Crippen LogP contribution >= 0.6 is 68.7 Å². The Balaban J connectivity index is 0.000000147. The summed E-state index contributed by atoms with van der Waals surface area (Å²) >= 11 is 7.64. The number of fused-ring (bicyclic) bond motifs is 2. The van der Waals surface area contributed by atoms with Gasteiger partial charge in [0.15, 0.2) is 22.0 Å². The van der Waals surface area contributed by atoms with Gasteiger partial charge >= 0.3 is 0 Å². The topological polar surface area (TPSA) is 135 Å². The number of aromatic amines is 2. The molecule has 0 unspecified atom stereocenters. The van der Waals surface area contributed by atoms with Crippen LogP contribution in [-0.4, -0.2) is 40.2 Å². The van der Waals surface area contributed by atoms with E-state index in [4.69, 9.17) is 9.05 Å². The van der Waals surface area contributed by atoms with Crippen molar-refractivity contribution in [1.29, 1.82) is 0 Å². The monoisotopic (exact) mass is 868 g/mol. The van der Waals surface area contributed by atoms with Crippen molar-refractivity contribution in [2.24, 2.45) is 0 Å². The van der Waals surface area contributed by atoms with Crippen LogP contribution in [0.1, 0.15) is 11.6 Å². The number of rotatable bonds is 8. The van der Waals surface area contributed by atoms with E-state index in [1.54, 1.807) is 23.5 Å². The normalized spacial score (nSPS) is 11.2. The van der Waals surface area contributed by atoms with Crippen molar-refractivity contribution in [3.63, 3.8) is 0 Å². The molecule has 0 aliphatic rings. The highest BCUT2D eigenvalue weighted by Gasteiger charge is 2.12. The Bertz CT molecular complexity index is 2020. The quantitative estimate of drug-likeness (QED) is 0.113. The van der Waals surface area contributed by atoms with Gasteiger partial charge in [0.05, 0.1) is 33.6 Å². The molecule has 0 aliphatic heterocycles. The average molecular weight is 869 g/mol. The lowest BCUT2D eigenvalue weighted by molar-refractivity contribution is 0.425. The standard InChI is InChI=1S/2C16H11IN4OS/c2*17-11-5-3-4-10(8-11)15-20-14(21-22-15)9-23-16-18-12-6-1-2-7-13(12)19-16/h2*1-8H,9H2,(H,18,19). The van der Waals surface area contributed by atoms with Gasteiger partial charge in [-0.3, -0.25) is 0 Å². The van der Waals surface area contributed by atoms with Crippen LogP contribution in [0.2, 0.25) is 0 Å². The zero-order valence-electron chi connectivity index (χ0n) is 23.7. The number of aromatic nitrogens is 8. The molecule has 4 heterocycles. The molecule has 10 nitrogen and oxygen atoms in total. The van der Waals surface area contributed by atoms with E-state index in [9.17, 15) is 0 Å². The molecule has 0 fully saturated rings. The van der Waals surface area contributed by atoms with E-state index in [1.165, 1.54) is 0 Å². The van der Waals surface area contributed by atoms with Gasteiger partial charge in [-0.25, -0.2) is 9.97 Å². The number of imidazole rings is 2. The highest BCUT2D eigenvalue weighted by Crippen LogP contribution is 2.26. The van der Waals surface area contributed by atoms with Crippen molar-refractivity contribution < 1.29 is 9.05 Å². The molecular formula is C32H22I2N8O2S2. The molecule has 46 heavy (non-hydrogen) atoms. The van der Waals surface area contributed by atoms with Crippen molar-refractivity contribution in [2.75, 3.05) is 0 Å². The SMILES string of the molecule is Ic1cccc(-c2nc(CSc3nc4ccccc4[nH]3)no2)c1.Ic1cccc(-c2nc(CSc3nc4ccccc4[nH]3)no2)c1. The van der Waals surface area contributed by atoms with Crippen LogP contribution in [0.3, 0.4) is 0 Å². The molecule has 2 N–H and O–H groups in total. The highest BCUT2D eigenvalue weighted by molar-refractivity contribution is 14.1. The van der Waals surface area contributed by atoms with Gasteiger partial charge in [0.1, 0.15) is 0 Å². The Hall–Kier alpha value is -3.74. The van der Waals surface area contributed by atoms with Gasteiger partial charge in [-0.05, 0) is 106 Å². The minimum atomic E-state index is 0.545. The second-order valence-electron chi connectivity index (χ2n) is 9.75. The molecule has 8 aromatic rings. The molecule has 0 amide bonds. The first-order chi connectivity index (χ1) is 22.6. The molecule has 4 aromatic heterocycles. The average Bonchev–Trinajstić information content (AvgIpc) is 3.89. The lowest BCUT2D eigenvalue weighted by atomic mass is 10.2. The van der Waals surface area contributed by atoms with Crippen LogP contribution in [0.4, 0.5) is 0 Å². The van der Waals surface area contributed by atoms with Crippen LogP contribution in [0.5, 0.6) is 0 Å². The summed E-state index contributed by atoms with van der Waals surface area (Å²) in [6, 6.07) is 31.9. The van der Waals surface area contributed by atoms with E-state index in [0.29, 0.717) is 34.9 Å². The molecule has 8 rings (SSSR count). The van der Waals surface area contributed by atoms with Gasteiger partial charge < -0.3 is 19.0 Å². The summed E-state index contributed by atoms with van der Waals surface area (Å²) in [6.45, 7) is 0. The maximum Gasteiger partial charge on any atom is 0.257 e. The molecular weight excluding hydrogens is 846 g/mol. The second-order valence-corrected chi connectivity index (χ2v) is 14.2. The minimum absolute atomic E-state index is 0.545. The summed E-state index contributed by atoms with van der Waals surface area (Å²) in [5, 5.41) is 9.79. The summed E-state index contributed by atoms with van der Waals surface area (Å²) in [5.74, 6) is 3.61. The number of nitrogens with one attached hydrogen (secondary N) is 2. The molecule has 0 bridgehead atoms. The molecule has 0 radical (unpaired) electrons. The van der Waals surface area contributed by atoms with Gasteiger partial charge in [0.2, 0.25) is 0 Å². The lowest BCUT2D eigenvalue weighted by Gasteiger charge is -1.94. The summed E-state index contributed by atoms with van der Waals surface area (Å²) in [7, 11) is 0. The molecule has 228 valence electrons. The van der Waals surface area contributed by atoms with Crippen molar-refractivity contribution >= 4 is 90.8 Å². The van der Waals surface area contributed by atoms with Gasteiger partial charge in [-0.2, -0.15) is 9.97 Å². The van der Waals surface area contributed by atoms with E-state index in [-0.39, 0.29) is 0 Å². The van der Waals surface area contributed by atoms with Gasteiger partial charge in [-0.15, -0.1) is 0 Å². The molecule has 0 spiro atoms. The number of para-hydroxylation sites is 4. The summed E-state index contributed by atoms with van der Waals surface area (Å²) < 4.78 is 13.0. The third-order valence-electron chi connectivity index (χ3n) is 6.49. The Morgan fingerprint density at radius 2 is 1.00 bits per heavy atom. The molecule has 0 atom stereocenters. The first kappa shape index (κ1) is 30.9. The Kier molecular flexibility index (Phi) is 9.64.